The fourth-order valence-corrected chi connectivity index (χ4v) is 5.14. The van der Waals surface area contributed by atoms with Crippen LogP contribution in [0, 0.1) is 0 Å². The first kappa shape index (κ1) is 26.9. The molecule has 2 aromatic carbocycles. The Morgan fingerprint density at radius 2 is 1.62 bits per heavy atom. The van der Waals surface area contributed by atoms with Crippen molar-refractivity contribution in [1.82, 2.24) is 15.5 Å². The summed E-state index contributed by atoms with van der Waals surface area (Å²) in [6.07, 6.45) is 5.93. The molecule has 4 rings (SSSR count). The third-order valence-corrected chi connectivity index (χ3v) is 7.39. The van der Waals surface area contributed by atoms with Crippen LogP contribution < -0.4 is 10.6 Å². The lowest BCUT2D eigenvalue weighted by Crippen LogP contribution is -2.55. The van der Waals surface area contributed by atoms with Gasteiger partial charge >= 0.3 is 6.03 Å². The molecule has 1 aromatic heterocycles. The van der Waals surface area contributed by atoms with E-state index in [9.17, 15) is 9.59 Å². The van der Waals surface area contributed by atoms with Gasteiger partial charge in [-0.05, 0) is 42.2 Å². The fourth-order valence-electron chi connectivity index (χ4n) is 4.16. The maximum Gasteiger partial charge on any atom is 0.318 e. The number of aryl methyl sites for hydroxylation is 1. The quantitative estimate of drug-likeness (QED) is 0.374. The maximum absolute atomic E-state index is 13.6. The standard InChI is InChI=1S/C29H32ClN3O3S/c30-27-16-15-25(37-27)14-13-24(12-11-22-7-3-1-4-8-22)31-28(34)26(21-23-9-5-2-6-10-23)32-29(35)33-17-19-36-20-18-33/h1-10,13-16,24,26H,11-12,17-21H2,(H,31,34)(H,32,35)/b14-13+. The number of thiophene rings is 1. The summed E-state index contributed by atoms with van der Waals surface area (Å²) < 4.78 is 6.08. The molecular formula is C29H32ClN3O3S. The minimum atomic E-state index is -0.707. The number of halogens is 1. The average molecular weight is 538 g/mol. The number of hydrogen-bond donors (Lipinski definition) is 2. The molecule has 2 unspecified atom stereocenters. The molecule has 3 amide bonds. The summed E-state index contributed by atoms with van der Waals surface area (Å²) in [6, 6.07) is 22.6. The van der Waals surface area contributed by atoms with E-state index in [1.807, 2.05) is 72.8 Å². The number of urea groups is 1. The minimum absolute atomic E-state index is 0.211. The second-order valence-corrected chi connectivity index (χ2v) is 10.7. The first-order valence-corrected chi connectivity index (χ1v) is 13.7. The summed E-state index contributed by atoms with van der Waals surface area (Å²) in [5, 5.41) is 6.15. The fraction of sp³-hybridized carbons (Fsp3) is 0.310. The molecule has 2 N–H and O–H groups in total. The number of nitrogens with one attached hydrogen (secondary N) is 2. The first-order valence-electron chi connectivity index (χ1n) is 12.5. The predicted molar refractivity (Wildman–Crippen MR) is 150 cm³/mol. The number of nitrogens with zero attached hydrogens (tertiary/aromatic N) is 1. The zero-order chi connectivity index (χ0) is 25.9. The molecule has 0 radical (unpaired) electrons. The van der Waals surface area contributed by atoms with Crippen LogP contribution in [0.1, 0.15) is 22.4 Å². The zero-order valence-electron chi connectivity index (χ0n) is 20.6. The molecule has 0 bridgehead atoms. The van der Waals surface area contributed by atoms with Gasteiger partial charge in [0.25, 0.3) is 0 Å². The van der Waals surface area contributed by atoms with Gasteiger partial charge in [-0.25, -0.2) is 4.79 Å². The molecule has 6 nitrogen and oxygen atoms in total. The van der Waals surface area contributed by atoms with Crippen molar-refractivity contribution in [2.24, 2.45) is 0 Å². The third-order valence-electron chi connectivity index (χ3n) is 6.20. The molecule has 2 atom stereocenters. The van der Waals surface area contributed by atoms with Crippen molar-refractivity contribution < 1.29 is 14.3 Å². The molecule has 37 heavy (non-hydrogen) atoms. The van der Waals surface area contributed by atoms with Gasteiger partial charge in [-0.2, -0.15) is 0 Å². The van der Waals surface area contributed by atoms with E-state index in [0.717, 1.165) is 27.6 Å². The van der Waals surface area contributed by atoms with Crippen LogP contribution >= 0.6 is 22.9 Å². The Balaban J connectivity index is 1.48. The second-order valence-electron chi connectivity index (χ2n) is 8.93. The van der Waals surface area contributed by atoms with Gasteiger partial charge in [0.1, 0.15) is 6.04 Å². The first-order chi connectivity index (χ1) is 18.1. The van der Waals surface area contributed by atoms with E-state index in [1.165, 1.54) is 16.9 Å². The number of carbonyl (C=O) groups is 2. The van der Waals surface area contributed by atoms with Crippen molar-refractivity contribution in [3.05, 3.63) is 99.2 Å². The molecule has 2 heterocycles. The Bertz CT molecular complexity index is 1160. The molecule has 1 saturated heterocycles. The van der Waals surface area contributed by atoms with Gasteiger partial charge in [0.2, 0.25) is 5.91 Å². The summed E-state index contributed by atoms with van der Waals surface area (Å²) >= 11 is 7.58. The summed E-state index contributed by atoms with van der Waals surface area (Å²) in [6.45, 7) is 2.03. The molecule has 8 heteroatoms. The number of benzene rings is 2. The van der Waals surface area contributed by atoms with Gasteiger partial charge in [0, 0.05) is 30.4 Å². The minimum Gasteiger partial charge on any atom is -0.378 e. The van der Waals surface area contributed by atoms with Crippen molar-refractivity contribution in [2.75, 3.05) is 26.3 Å². The SMILES string of the molecule is O=C(NC(/C=C/c1ccc(Cl)s1)CCc1ccccc1)C(Cc1ccccc1)NC(=O)N1CCOCC1. The van der Waals surface area contributed by atoms with Crippen LogP contribution in [0.25, 0.3) is 6.08 Å². The van der Waals surface area contributed by atoms with Crippen LogP contribution in [0.3, 0.4) is 0 Å². The Labute approximate surface area is 227 Å². The van der Waals surface area contributed by atoms with Gasteiger partial charge in [0.05, 0.1) is 17.6 Å². The van der Waals surface area contributed by atoms with Gasteiger partial charge in [-0.3, -0.25) is 4.79 Å². The van der Waals surface area contributed by atoms with Crippen molar-refractivity contribution in [3.8, 4) is 0 Å². The molecule has 3 aromatic rings. The van der Waals surface area contributed by atoms with E-state index in [0.29, 0.717) is 32.7 Å². The largest absolute Gasteiger partial charge is 0.378 e. The predicted octanol–water partition coefficient (Wildman–Crippen LogP) is 5.19. The molecule has 1 aliphatic heterocycles. The number of hydrogen-bond acceptors (Lipinski definition) is 4. The topological polar surface area (TPSA) is 70.7 Å². The van der Waals surface area contributed by atoms with Crippen molar-refractivity contribution in [2.45, 2.75) is 31.3 Å². The maximum atomic E-state index is 13.6. The number of rotatable bonds is 10. The summed E-state index contributed by atoms with van der Waals surface area (Å²) in [5.74, 6) is -0.211. The lowest BCUT2D eigenvalue weighted by atomic mass is 10.0. The van der Waals surface area contributed by atoms with E-state index < -0.39 is 6.04 Å². The smallest absolute Gasteiger partial charge is 0.318 e. The lowest BCUT2D eigenvalue weighted by Gasteiger charge is -2.29. The molecule has 1 aliphatic rings. The molecular weight excluding hydrogens is 506 g/mol. The Morgan fingerprint density at radius 1 is 0.946 bits per heavy atom. The summed E-state index contributed by atoms with van der Waals surface area (Å²) in [5.41, 5.74) is 2.19. The highest BCUT2D eigenvalue weighted by Crippen LogP contribution is 2.23. The van der Waals surface area contributed by atoms with Crippen LogP contribution in [0.5, 0.6) is 0 Å². The van der Waals surface area contributed by atoms with Gasteiger partial charge in [0.15, 0.2) is 0 Å². The molecule has 0 aliphatic carbocycles. The van der Waals surface area contributed by atoms with Crippen LogP contribution in [0.4, 0.5) is 4.79 Å². The Hall–Kier alpha value is -3.13. The normalized spacial score (nSPS) is 15.3. The summed E-state index contributed by atoms with van der Waals surface area (Å²) in [4.78, 5) is 29.3. The number of ether oxygens (including phenoxy) is 1. The zero-order valence-corrected chi connectivity index (χ0v) is 22.2. The summed E-state index contributed by atoms with van der Waals surface area (Å²) in [7, 11) is 0. The van der Waals surface area contributed by atoms with Gasteiger partial charge < -0.3 is 20.3 Å². The Kier molecular flexibility index (Phi) is 10.2. The van der Waals surface area contributed by atoms with E-state index >= 15 is 0 Å². The molecule has 0 saturated carbocycles. The van der Waals surface area contributed by atoms with Crippen LogP contribution in [0.2, 0.25) is 4.34 Å². The molecule has 1 fully saturated rings. The van der Waals surface area contributed by atoms with Crippen molar-refractivity contribution in [3.63, 3.8) is 0 Å². The number of morpholine rings is 1. The van der Waals surface area contributed by atoms with Crippen molar-refractivity contribution >= 4 is 41.0 Å². The third kappa shape index (κ3) is 8.74. The number of carbonyl (C=O) groups excluding carboxylic acids is 2. The lowest BCUT2D eigenvalue weighted by molar-refractivity contribution is -0.123. The number of amides is 3. The highest BCUT2D eigenvalue weighted by atomic mass is 35.5. The van der Waals surface area contributed by atoms with Gasteiger partial charge in [-0.15, -0.1) is 11.3 Å². The van der Waals surface area contributed by atoms with E-state index in [1.54, 1.807) is 4.90 Å². The Morgan fingerprint density at radius 3 is 2.27 bits per heavy atom. The van der Waals surface area contributed by atoms with E-state index in [-0.39, 0.29) is 18.0 Å². The molecule has 194 valence electrons. The van der Waals surface area contributed by atoms with Crippen molar-refractivity contribution in [1.29, 1.82) is 0 Å². The van der Waals surface area contributed by atoms with Gasteiger partial charge in [-0.1, -0.05) is 78.3 Å². The van der Waals surface area contributed by atoms with Crippen LogP contribution in [-0.4, -0.2) is 55.2 Å². The monoisotopic (exact) mass is 537 g/mol. The van der Waals surface area contributed by atoms with Crippen LogP contribution in [0.15, 0.2) is 78.9 Å². The second kappa shape index (κ2) is 14.0. The van der Waals surface area contributed by atoms with E-state index in [2.05, 4.69) is 22.8 Å². The van der Waals surface area contributed by atoms with Crippen LogP contribution in [-0.2, 0) is 22.4 Å². The molecule has 0 spiro atoms. The van der Waals surface area contributed by atoms with E-state index in [4.69, 9.17) is 16.3 Å². The average Bonchev–Trinajstić information content (AvgIpc) is 3.36. The highest BCUT2D eigenvalue weighted by molar-refractivity contribution is 7.16. The highest BCUT2D eigenvalue weighted by Gasteiger charge is 2.26.